The highest BCUT2D eigenvalue weighted by atomic mass is 19.4. The van der Waals surface area contributed by atoms with Gasteiger partial charge in [0.25, 0.3) is 0 Å². The van der Waals surface area contributed by atoms with Crippen molar-refractivity contribution in [2.75, 3.05) is 13.1 Å². The van der Waals surface area contributed by atoms with E-state index in [-0.39, 0.29) is 19.2 Å². The Hall–Kier alpha value is -1.27. The highest BCUT2D eigenvalue weighted by molar-refractivity contribution is 5.83. The summed E-state index contributed by atoms with van der Waals surface area (Å²) in [5, 5.41) is 0. The molecule has 0 aliphatic carbocycles. The Bertz CT molecular complexity index is 353. The number of carbonyl (C=O) groups excluding carboxylic acids is 2. The second-order valence-electron chi connectivity index (χ2n) is 4.96. The monoisotopic (exact) mass is 295 g/mol. The molecule has 1 saturated heterocycles. The Morgan fingerprint density at radius 2 is 1.90 bits per heavy atom. The number of halogens is 3. The predicted octanol–water partition coefficient (Wildman–Crippen LogP) is 2.52. The summed E-state index contributed by atoms with van der Waals surface area (Å²) >= 11 is 0. The zero-order chi connectivity index (χ0) is 15.3. The number of alkyl halides is 3. The van der Waals surface area contributed by atoms with E-state index in [1.165, 1.54) is 0 Å². The van der Waals surface area contributed by atoms with Gasteiger partial charge in [-0.25, -0.2) is 0 Å². The lowest BCUT2D eigenvalue weighted by Gasteiger charge is -2.32. The first-order chi connectivity index (χ1) is 9.29. The van der Waals surface area contributed by atoms with Crippen molar-refractivity contribution in [3.63, 3.8) is 0 Å². The molecule has 0 N–H and O–H groups in total. The summed E-state index contributed by atoms with van der Waals surface area (Å²) in [6, 6.07) is 0. The van der Waals surface area contributed by atoms with Crippen LogP contribution in [0, 0.1) is 5.92 Å². The molecule has 1 atom stereocenters. The van der Waals surface area contributed by atoms with Gasteiger partial charge in [-0.2, -0.15) is 13.2 Å². The first-order valence-corrected chi connectivity index (χ1v) is 6.86. The molecule has 1 rings (SSSR count). The fourth-order valence-electron chi connectivity index (χ4n) is 2.25. The minimum atomic E-state index is -4.89. The highest BCUT2D eigenvalue weighted by Gasteiger charge is 2.44. The van der Waals surface area contributed by atoms with Crippen LogP contribution in [0.25, 0.3) is 0 Å². The normalized spacial score (nSPS) is 20.1. The maximum absolute atomic E-state index is 12.4. The highest BCUT2D eigenvalue weighted by Crippen LogP contribution is 2.25. The van der Waals surface area contributed by atoms with Crippen molar-refractivity contribution in [2.45, 2.75) is 51.8 Å². The van der Waals surface area contributed by atoms with Crippen LogP contribution in [0.2, 0.25) is 0 Å². The quantitative estimate of drug-likeness (QED) is 0.749. The number of hydrogen-bond acceptors (Lipinski definition) is 3. The molecular weight excluding hydrogens is 275 g/mol. The second-order valence-corrected chi connectivity index (χ2v) is 4.96. The molecule has 0 spiro atoms. The van der Waals surface area contributed by atoms with Gasteiger partial charge in [0.05, 0.1) is 5.92 Å². The molecule has 116 valence electrons. The van der Waals surface area contributed by atoms with Crippen molar-refractivity contribution in [3.05, 3.63) is 0 Å². The van der Waals surface area contributed by atoms with Crippen LogP contribution in [0.3, 0.4) is 0 Å². The van der Waals surface area contributed by atoms with E-state index in [0.29, 0.717) is 30.6 Å². The molecule has 1 amide bonds. The van der Waals surface area contributed by atoms with Gasteiger partial charge in [-0.15, -0.1) is 0 Å². The van der Waals surface area contributed by atoms with E-state index in [2.05, 4.69) is 0 Å². The summed E-state index contributed by atoms with van der Waals surface area (Å²) < 4.78 is 42.4. The second kappa shape index (κ2) is 6.95. The van der Waals surface area contributed by atoms with Crippen LogP contribution in [0.4, 0.5) is 13.2 Å². The number of carbonyl (C=O) groups is 2. The lowest BCUT2D eigenvalue weighted by atomic mass is 9.98. The average molecular weight is 295 g/mol. The number of esters is 1. The summed E-state index contributed by atoms with van der Waals surface area (Å²) in [5.41, 5.74) is 0. The van der Waals surface area contributed by atoms with Gasteiger partial charge >= 0.3 is 18.1 Å². The lowest BCUT2D eigenvalue weighted by Crippen LogP contribution is -2.48. The Kier molecular flexibility index (Phi) is 5.83. The zero-order valence-corrected chi connectivity index (χ0v) is 11.7. The molecule has 0 aromatic carbocycles. The van der Waals surface area contributed by atoms with Crippen LogP contribution >= 0.6 is 0 Å². The van der Waals surface area contributed by atoms with E-state index in [9.17, 15) is 22.8 Å². The van der Waals surface area contributed by atoms with Crippen molar-refractivity contribution in [2.24, 2.45) is 5.92 Å². The van der Waals surface area contributed by atoms with Crippen molar-refractivity contribution in [1.82, 2.24) is 4.90 Å². The van der Waals surface area contributed by atoms with Gasteiger partial charge in [0.1, 0.15) is 6.10 Å². The summed E-state index contributed by atoms with van der Waals surface area (Å²) in [4.78, 5) is 23.8. The van der Waals surface area contributed by atoms with Gasteiger partial charge in [0.2, 0.25) is 0 Å². The van der Waals surface area contributed by atoms with Crippen LogP contribution in [-0.2, 0) is 14.3 Å². The van der Waals surface area contributed by atoms with Crippen LogP contribution < -0.4 is 0 Å². The molecule has 0 aromatic heterocycles. The first-order valence-electron chi connectivity index (χ1n) is 6.86. The predicted molar refractivity (Wildman–Crippen MR) is 65.8 cm³/mol. The lowest BCUT2D eigenvalue weighted by molar-refractivity contribution is -0.188. The Morgan fingerprint density at radius 3 is 2.40 bits per heavy atom. The van der Waals surface area contributed by atoms with E-state index in [4.69, 9.17) is 4.74 Å². The van der Waals surface area contributed by atoms with Crippen LogP contribution in [0.15, 0.2) is 0 Å². The minimum absolute atomic E-state index is 0.0348. The molecule has 0 aromatic rings. The molecule has 0 unspecified atom stereocenters. The summed E-state index contributed by atoms with van der Waals surface area (Å²) in [6.45, 7) is 3.58. The summed E-state index contributed by atoms with van der Waals surface area (Å²) in [7, 11) is 0. The third-order valence-electron chi connectivity index (χ3n) is 3.48. The molecule has 1 fully saturated rings. The van der Waals surface area contributed by atoms with Crippen LogP contribution in [0.5, 0.6) is 0 Å². The summed E-state index contributed by atoms with van der Waals surface area (Å²) in [6.07, 6.45) is -2.93. The van der Waals surface area contributed by atoms with Crippen molar-refractivity contribution in [3.8, 4) is 0 Å². The molecule has 1 heterocycles. The molecule has 0 radical (unpaired) electrons. The van der Waals surface area contributed by atoms with E-state index in [1.54, 1.807) is 0 Å². The van der Waals surface area contributed by atoms with Crippen molar-refractivity contribution >= 4 is 11.9 Å². The maximum Gasteiger partial charge on any atom is 0.471 e. The smallest absolute Gasteiger partial charge is 0.462 e. The minimum Gasteiger partial charge on any atom is -0.462 e. The Morgan fingerprint density at radius 1 is 1.30 bits per heavy atom. The fraction of sp³-hybridized carbons (Fsp3) is 0.846. The Labute approximate surface area is 116 Å². The van der Waals surface area contributed by atoms with E-state index < -0.39 is 24.0 Å². The van der Waals surface area contributed by atoms with Gasteiger partial charge in [-0.1, -0.05) is 13.8 Å². The molecule has 1 aliphatic heterocycles. The molecule has 0 saturated carbocycles. The number of ether oxygens (including phenoxy) is 1. The molecule has 20 heavy (non-hydrogen) atoms. The average Bonchev–Trinajstić information content (AvgIpc) is 2.42. The van der Waals surface area contributed by atoms with Crippen molar-refractivity contribution in [1.29, 1.82) is 0 Å². The van der Waals surface area contributed by atoms with Gasteiger partial charge in [-0.3, -0.25) is 9.59 Å². The van der Waals surface area contributed by atoms with Gasteiger partial charge in [0.15, 0.2) is 0 Å². The number of rotatable bonds is 4. The zero-order valence-electron chi connectivity index (χ0n) is 11.7. The van der Waals surface area contributed by atoms with E-state index in [1.807, 2.05) is 13.8 Å². The third kappa shape index (κ3) is 4.38. The number of piperidine rings is 1. The fourth-order valence-corrected chi connectivity index (χ4v) is 2.25. The number of likely N-dealkylation sites (tertiary alicyclic amines) is 1. The Balaban J connectivity index is 2.60. The standard InChI is InChI=1S/C13H20F3NO3/c1-3-10(4-2)20-11(18)9-6-5-7-17(8-9)12(19)13(14,15)16/h9-10H,3-8H2,1-2H3/t9-/m0/s1. The van der Waals surface area contributed by atoms with Crippen LogP contribution in [-0.4, -0.2) is 42.1 Å². The number of nitrogens with zero attached hydrogens (tertiary/aromatic N) is 1. The van der Waals surface area contributed by atoms with E-state index in [0.717, 1.165) is 0 Å². The van der Waals surface area contributed by atoms with E-state index >= 15 is 0 Å². The number of amides is 1. The SMILES string of the molecule is CCC(CC)OC(=O)[C@H]1CCCN(C(=O)C(F)(F)F)C1. The maximum atomic E-state index is 12.4. The molecule has 4 nitrogen and oxygen atoms in total. The first kappa shape index (κ1) is 16.8. The molecular formula is C13H20F3NO3. The van der Waals surface area contributed by atoms with Gasteiger partial charge in [-0.05, 0) is 25.7 Å². The van der Waals surface area contributed by atoms with Gasteiger partial charge < -0.3 is 9.64 Å². The molecule has 7 heteroatoms. The number of hydrogen-bond donors (Lipinski definition) is 0. The third-order valence-corrected chi connectivity index (χ3v) is 3.48. The summed E-state index contributed by atoms with van der Waals surface area (Å²) in [5.74, 6) is -3.04. The largest absolute Gasteiger partial charge is 0.471 e. The molecule has 0 bridgehead atoms. The van der Waals surface area contributed by atoms with Crippen molar-refractivity contribution < 1.29 is 27.5 Å². The topological polar surface area (TPSA) is 46.6 Å². The van der Waals surface area contributed by atoms with Crippen LogP contribution in [0.1, 0.15) is 39.5 Å². The molecule has 1 aliphatic rings. The van der Waals surface area contributed by atoms with Gasteiger partial charge in [0, 0.05) is 13.1 Å².